The van der Waals surface area contributed by atoms with Crippen LogP contribution in [0.4, 0.5) is 0 Å². The Morgan fingerprint density at radius 1 is 1.44 bits per heavy atom. The van der Waals surface area contributed by atoms with Crippen LogP contribution < -0.4 is 5.32 Å². The van der Waals surface area contributed by atoms with Crippen molar-refractivity contribution in [1.29, 1.82) is 0 Å². The molecule has 2 unspecified atom stereocenters. The number of nitrogens with zero attached hydrogens (tertiary/aromatic N) is 1. The third-order valence-corrected chi connectivity index (χ3v) is 3.46. The zero-order valence-corrected chi connectivity index (χ0v) is 11.7. The van der Waals surface area contributed by atoms with Gasteiger partial charge in [0.05, 0.1) is 7.11 Å². The molecule has 104 valence electrons. The van der Waals surface area contributed by atoms with Gasteiger partial charge < -0.3 is 10.1 Å². The van der Waals surface area contributed by atoms with E-state index in [9.17, 15) is 9.59 Å². The monoisotopic (exact) mass is 256 g/mol. The first-order valence-electron chi connectivity index (χ1n) is 6.54. The number of ether oxygens (including phenoxy) is 1. The zero-order valence-electron chi connectivity index (χ0n) is 11.7. The number of methoxy groups -OCH3 is 1. The van der Waals surface area contributed by atoms with Crippen LogP contribution in [-0.4, -0.2) is 49.1 Å². The molecule has 1 aliphatic rings. The first kappa shape index (κ1) is 15.0. The van der Waals surface area contributed by atoms with Crippen molar-refractivity contribution in [2.45, 2.75) is 45.7 Å². The van der Waals surface area contributed by atoms with Crippen LogP contribution in [0.1, 0.15) is 33.6 Å². The lowest BCUT2D eigenvalue weighted by molar-refractivity contribution is -0.145. The Hall–Kier alpha value is -1.10. The molecule has 5 nitrogen and oxygen atoms in total. The van der Waals surface area contributed by atoms with Gasteiger partial charge in [-0.25, -0.2) is 4.79 Å². The largest absolute Gasteiger partial charge is 0.467 e. The summed E-state index contributed by atoms with van der Waals surface area (Å²) >= 11 is 0. The Labute approximate surface area is 109 Å². The van der Waals surface area contributed by atoms with Crippen LogP contribution in [0, 0.1) is 5.92 Å². The second-order valence-corrected chi connectivity index (χ2v) is 5.22. The quantitative estimate of drug-likeness (QED) is 0.739. The zero-order chi connectivity index (χ0) is 13.7. The molecule has 1 N–H and O–H groups in total. The minimum Gasteiger partial charge on any atom is -0.467 e. The van der Waals surface area contributed by atoms with Crippen LogP contribution in [0.2, 0.25) is 0 Å². The summed E-state index contributed by atoms with van der Waals surface area (Å²) < 4.78 is 4.74. The van der Waals surface area contributed by atoms with E-state index in [-0.39, 0.29) is 11.9 Å². The number of amides is 1. The number of nitrogens with one attached hydrogen (secondary N) is 1. The van der Waals surface area contributed by atoms with Gasteiger partial charge in [-0.15, -0.1) is 0 Å². The number of carbonyl (C=O) groups is 2. The van der Waals surface area contributed by atoms with Crippen LogP contribution in [0.15, 0.2) is 0 Å². The third kappa shape index (κ3) is 3.98. The molecule has 2 atom stereocenters. The van der Waals surface area contributed by atoms with Gasteiger partial charge in [-0.1, -0.05) is 13.8 Å². The van der Waals surface area contributed by atoms with Crippen molar-refractivity contribution < 1.29 is 14.3 Å². The molecule has 0 aromatic heterocycles. The highest BCUT2D eigenvalue weighted by atomic mass is 16.5. The summed E-state index contributed by atoms with van der Waals surface area (Å²) in [5.41, 5.74) is 0. The Bertz CT molecular complexity index is 305. The second-order valence-electron chi connectivity index (χ2n) is 5.22. The van der Waals surface area contributed by atoms with Crippen LogP contribution in [0.3, 0.4) is 0 Å². The third-order valence-electron chi connectivity index (χ3n) is 3.46. The Morgan fingerprint density at radius 3 is 2.61 bits per heavy atom. The smallest absolute Gasteiger partial charge is 0.329 e. The maximum absolute atomic E-state index is 11.6. The van der Waals surface area contributed by atoms with Gasteiger partial charge in [0, 0.05) is 19.5 Å². The molecule has 0 bridgehead atoms. The first-order valence-corrected chi connectivity index (χ1v) is 6.54. The molecule has 0 spiro atoms. The van der Waals surface area contributed by atoms with E-state index >= 15 is 0 Å². The molecule has 0 radical (unpaired) electrons. The van der Waals surface area contributed by atoms with E-state index in [1.165, 1.54) is 14.0 Å². The molecule has 1 aliphatic heterocycles. The normalized spacial score (nSPS) is 21.9. The van der Waals surface area contributed by atoms with E-state index in [1.807, 2.05) is 0 Å². The maximum atomic E-state index is 11.6. The summed E-state index contributed by atoms with van der Waals surface area (Å²) in [6.45, 7) is 7.31. The van der Waals surface area contributed by atoms with Crippen molar-refractivity contribution in [3.63, 3.8) is 0 Å². The Balaban J connectivity index is 2.64. The number of esters is 1. The van der Waals surface area contributed by atoms with E-state index in [0.717, 1.165) is 19.4 Å². The van der Waals surface area contributed by atoms with Crippen molar-refractivity contribution in [2.24, 2.45) is 5.92 Å². The predicted octanol–water partition coefficient (Wildman–Crippen LogP) is 0.784. The second kappa shape index (κ2) is 6.73. The van der Waals surface area contributed by atoms with Gasteiger partial charge in [0.1, 0.15) is 6.04 Å². The van der Waals surface area contributed by atoms with E-state index in [4.69, 9.17) is 4.74 Å². The summed E-state index contributed by atoms with van der Waals surface area (Å²) in [4.78, 5) is 25.1. The van der Waals surface area contributed by atoms with Gasteiger partial charge in [-0.05, 0) is 25.3 Å². The molecule has 1 saturated heterocycles. The number of likely N-dealkylation sites (tertiary alicyclic amines) is 1. The average molecular weight is 256 g/mol. The molecule has 0 aliphatic carbocycles. The van der Waals surface area contributed by atoms with Crippen LogP contribution in [0.25, 0.3) is 0 Å². The average Bonchev–Trinajstić information content (AvgIpc) is 2.74. The van der Waals surface area contributed by atoms with Crippen molar-refractivity contribution >= 4 is 11.9 Å². The van der Waals surface area contributed by atoms with Gasteiger partial charge in [0.25, 0.3) is 0 Å². The summed E-state index contributed by atoms with van der Waals surface area (Å²) in [6.07, 6.45) is 2.31. The van der Waals surface area contributed by atoms with E-state index < -0.39 is 6.04 Å². The van der Waals surface area contributed by atoms with E-state index in [0.29, 0.717) is 18.5 Å². The SMILES string of the molecule is COC(=O)C(CN1CCCC1C(C)C)NC(C)=O. The van der Waals surface area contributed by atoms with Crippen LogP contribution in [0.5, 0.6) is 0 Å². The molecular formula is C13H24N2O3. The predicted molar refractivity (Wildman–Crippen MR) is 69.1 cm³/mol. The number of rotatable bonds is 5. The van der Waals surface area contributed by atoms with Gasteiger partial charge in [-0.3, -0.25) is 9.69 Å². The number of carbonyl (C=O) groups excluding carboxylic acids is 2. The first-order chi connectivity index (χ1) is 8.45. The molecule has 1 rings (SSSR count). The summed E-state index contributed by atoms with van der Waals surface area (Å²) in [7, 11) is 1.35. The summed E-state index contributed by atoms with van der Waals surface area (Å²) in [5, 5.41) is 2.66. The highest BCUT2D eigenvalue weighted by Crippen LogP contribution is 2.23. The molecule has 1 fully saturated rings. The lowest BCUT2D eigenvalue weighted by atomic mass is 10.0. The fourth-order valence-corrected chi connectivity index (χ4v) is 2.63. The highest BCUT2D eigenvalue weighted by Gasteiger charge is 2.31. The number of hydrogen-bond acceptors (Lipinski definition) is 4. The van der Waals surface area contributed by atoms with Gasteiger partial charge in [-0.2, -0.15) is 0 Å². The molecule has 0 aromatic carbocycles. The lowest BCUT2D eigenvalue weighted by Gasteiger charge is -2.30. The molecule has 0 saturated carbocycles. The fourth-order valence-electron chi connectivity index (χ4n) is 2.63. The van der Waals surface area contributed by atoms with Crippen molar-refractivity contribution in [3.8, 4) is 0 Å². The van der Waals surface area contributed by atoms with E-state index in [2.05, 4.69) is 24.1 Å². The Kier molecular flexibility index (Phi) is 5.59. The summed E-state index contributed by atoms with van der Waals surface area (Å²) in [5.74, 6) is -0.0200. The minimum absolute atomic E-state index is 0.203. The Morgan fingerprint density at radius 2 is 2.11 bits per heavy atom. The highest BCUT2D eigenvalue weighted by molar-refractivity contribution is 5.83. The van der Waals surface area contributed by atoms with Gasteiger partial charge >= 0.3 is 5.97 Å². The van der Waals surface area contributed by atoms with Crippen LogP contribution in [-0.2, 0) is 14.3 Å². The van der Waals surface area contributed by atoms with Gasteiger partial charge in [0.2, 0.25) is 5.91 Å². The summed E-state index contributed by atoms with van der Waals surface area (Å²) in [6, 6.07) is -0.0715. The molecule has 1 heterocycles. The topological polar surface area (TPSA) is 58.6 Å². The van der Waals surface area contributed by atoms with Crippen molar-refractivity contribution in [3.05, 3.63) is 0 Å². The lowest BCUT2D eigenvalue weighted by Crippen LogP contribution is -2.50. The van der Waals surface area contributed by atoms with Crippen molar-refractivity contribution in [1.82, 2.24) is 10.2 Å². The number of hydrogen-bond donors (Lipinski definition) is 1. The maximum Gasteiger partial charge on any atom is 0.329 e. The van der Waals surface area contributed by atoms with Gasteiger partial charge in [0.15, 0.2) is 0 Å². The standard InChI is InChI=1S/C13H24N2O3/c1-9(2)12-6-5-7-15(12)8-11(13(17)18-4)14-10(3)16/h9,11-12H,5-8H2,1-4H3,(H,14,16). The molecule has 1 amide bonds. The molecule has 0 aromatic rings. The molecule has 5 heteroatoms. The van der Waals surface area contributed by atoms with Crippen LogP contribution >= 0.6 is 0 Å². The fraction of sp³-hybridized carbons (Fsp3) is 0.846. The van der Waals surface area contributed by atoms with Crippen molar-refractivity contribution in [2.75, 3.05) is 20.2 Å². The molecular weight excluding hydrogens is 232 g/mol. The molecule has 18 heavy (non-hydrogen) atoms. The minimum atomic E-state index is -0.563. The van der Waals surface area contributed by atoms with E-state index in [1.54, 1.807) is 0 Å².